The Morgan fingerprint density at radius 2 is 1.75 bits per heavy atom. The van der Waals surface area contributed by atoms with Crippen LogP contribution in [-0.2, 0) is 0 Å². The first kappa shape index (κ1) is 17.2. The van der Waals surface area contributed by atoms with Gasteiger partial charge in [-0.3, -0.25) is 4.79 Å². The lowest BCUT2D eigenvalue weighted by molar-refractivity contribution is 0.0567. The van der Waals surface area contributed by atoms with Crippen LogP contribution in [0.4, 0.5) is 5.69 Å². The number of benzene rings is 1. The highest BCUT2D eigenvalue weighted by Gasteiger charge is 2.28. The van der Waals surface area contributed by atoms with Crippen molar-refractivity contribution >= 4 is 11.6 Å². The summed E-state index contributed by atoms with van der Waals surface area (Å²) in [6.07, 6.45) is 4.72. The maximum atomic E-state index is 13.1. The number of nitrogens with two attached hydrogens (primary N) is 1. The Hall–Kier alpha value is -1.59. The summed E-state index contributed by atoms with van der Waals surface area (Å²) in [5.74, 6) is 0.156. The molecule has 2 aliphatic heterocycles. The van der Waals surface area contributed by atoms with Crippen LogP contribution in [0.15, 0.2) is 24.3 Å². The van der Waals surface area contributed by atoms with Gasteiger partial charge in [-0.05, 0) is 83.2 Å². The first-order chi connectivity index (χ1) is 11.6. The number of hydrogen-bond donors (Lipinski definition) is 1. The molecule has 5 heteroatoms. The van der Waals surface area contributed by atoms with Gasteiger partial charge in [0.1, 0.15) is 0 Å². The number of rotatable bonds is 5. The third-order valence-electron chi connectivity index (χ3n) is 5.40. The monoisotopic (exact) mass is 330 g/mol. The topological polar surface area (TPSA) is 52.8 Å². The lowest BCUT2D eigenvalue weighted by Crippen LogP contribution is -2.49. The van der Waals surface area contributed by atoms with Gasteiger partial charge in [-0.1, -0.05) is 0 Å². The second kappa shape index (κ2) is 7.99. The number of hydrogen-bond acceptors (Lipinski definition) is 4. The lowest BCUT2D eigenvalue weighted by Gasteiger charge is -2.38. The summed E-state index contributed by atoms with van der Waals surface area (Å²) in [6.45, 7) is 6.32. The average Bonchev–Trinajstić information content (AvgIpc) is 3.10. The van der Waals surface area contributed by atoms with E-state index in [0.29, 0.717) is 11.7 Å². The molecule has 1 aromatic rings. The number of amides is 1. The molecule has 0 saturated carbocycles. The molecule has 24 heavy (non-hydrogen) atoms. The number of nitrogens with zero attached hydrogens (tertiary/aromatic N) is 3. The summed E-state index contributed by atoms with van der Waals surface area (Å²) < 4.78 is 0. The summed E-state index contributed by atoms with van der Waals surface area (Å²) in [4.78, 5) is 20.1. The van der Waals surface area contributed by atoms with E-state index < -0.39 is 0 Å². The van der Waals surface area contributed by atoms with E-state index in [9.17, 15) is 4.79 Å². The molecule has 0 aliphatic carbocycles. The Balaban J connectivity index is 1.69. The summed E-state index contributed by atoms with van der Waals surface area (Å²) >= 11 is 0. The zero-order valence-electron chi connectivity index (χ0n) is 14.8. The van der Waals surface area contributed by atoms with Gasteiger partial charge in [0, 0.05) is 30.4 Å². The van der Waals surface area contributed by atoms with Gasteiger partial charge >= 0.3 is 0 Å². The van der Waals surface area contributed by atoms with Crippen LogP contribution >= 0.6 is 0 Å². The largest absolute Gasteiger partial charge is 0.399 e. The van der Waals surface area contributed by atoms with E-state index >= 15 is 0 Å². The number of carbonyl (C=O) groups excluding carboxylic acids is 1. The highest BCUT2D eigenvalue weighted by molar-refractivity contribution is 5.94. The zero-order valence-corrected chi connectivity index (χ0v) is 14.8. The molecular formula is C19H30N4O. The predicted octanol–water partition coefficient (Wildman–Crippen LogP) is 1.90. The first-order valence-corrected chi connectivity index (χ1v) is 9.21. The van der Waals surface area contributed by atoms with E-state index in [1.54, 1.807) is 0 Å². The average molecular weight is 330 g/mol. The Labute approximate surface area is 145 Å². The Kier molecular flexibility index (Phi) is 5.74. The van der Waals surface area contributed by atoms with E-state index in [1.165, 1.54) is 25.9 Å². The van der Waals surface area contributed by atoms with Gasteiger partial charge in [-0.25, -0.2) is 0 Å². The molecule has 2 fully saturated rings. The molecule has 3 rings (SSSR count). The SMILES string of the molecule is CN1CCC(N(CCN2CCCC2)C(=O)c2ccc(N)cc2)CC1. The van der Waals surface area contributed by atoms with Crippen LogP contribution in [-0.4, -0.2) is 73.0 Å². The Morgan fingerprint density at radius 1 is 1.12 bits per heavy atom. The van der Waals surface area contributed by atoms with E-state index in [-0.39, 0.29) is 5.91 Å². The molecular weight excluding hydrogens is 300 g/mol. The first-order valence-electron chi connectivity index (χ1n) is 9.21. The third-order valence-corrected chi connectivity index (χ3v) is 5.40. The Bertz CT molecular complexity index is 531. The minimum atomic E-state index is 0.156. The van der Waals surface area contributed by atoms with Gasteiger partial charge in [0.05, 0.1) is 0 Å². The standard InChI is InChI=1S/C19H30N4O/c1-21-12-8-18(9-13-21)23(15-14-22-10-2-3-11-22)19(24)16-4-6-17(20)7-5-16/h4-7,18H,2-3,8-15,20H2,1H3. The molecule has 0 bridgehead atoms. The minimum absolute atomic E-state index is 0.156. The number of nitrogen functional groups attached to an aromatic ring is 1. The van der Waals surface area contributed by atoms with Crippen LogP contribution in [0.5, 0.6) is 0 Å². The second-order valence-corrected chi connectivity index (χ2v) is 7.20. The zero-order chi connectivity index (χ0) is 16.9. The van der Waals surface area contributed by atoms with E-state index in [4.69, 9.17) is 5.73 Å². The van der Waals surface area contributed by atoms with Gasteiger partial charge in [0.2, 0.25) is 0 Å². The molecule has 2 heterocycles. The molecule has 0 spiro atoms. The van der Waals surface area contributed by atoms with Crippen LogP contribution < -0.4 is 5.73 Å². The van der Waals surface area contributed by atoms with Crippen molar-refractivity contribution in [2.24, 2.45) is 0 Å². The molecule has 0 radical (unpaired) electrons. The highest BCUT2D eigenvalue weighted by atomic mass is 16.2. The van der Waals surface area contributed by atoms with Crippen molar-refractivity contribution in [1.82, 2.24) is 14.7 Å². The third kappa shape index (κ3) is 4.28. The fraction of sp³-hybridized carbons (Fsp3) is 0.632. The normalized spacial score (nSPS) is 20.4. The summed E-state index contributed by atoms with van der Waals surface area (Å²) in [5.41, 5.74) is 7.22. The van der Waals surface area contributed by atoms with Crippen LogP contribution in [0.25, 0.3) is 0 Å². The van der Waals surface area contributed by atoms with Crippen molar-refractivity contribution in [3.63, 3.8) is 0 Å². The van der Waals surface area contributed by atoms with Gasteiger partial charge < -0.3 is 20.4 Å². The highest BCUT2D eigenvalue weighted by Crippen LogP contribution is 2.19. The fourth-order valence-corrected chi connectivity index (χ4v) is 3.80. The van der Waals surface area contributed by atoms with E-state index in [1.807, 2.05) is 24.3 Å². The number of likely N-dealkylation sites (tertiary alicyclic amines) is 2. The quantitative estimate of drug-likeness (QED) is 0.838. The van der Waals surface area contributed by atoms with Gasteiger partial charge in [0.15, 0.2) is 0 Å². The summed E-state index contributed by atoms with van der Waals surface area (Å²) in [7, 11) is 2.16. The van der Waals surface area contributed by atoms with E-state index in [0.717, 1.165) is 44.6 Å². The molecule has 132 valence electrons. The van der Waals surface area contributed by atoms with Crippen LogP contribution in [0, 0.1) is 0 Å². The molecule has 5 nitrogen and oxygen atoms in total. The van der Waals surface area contributed by atoms with Gasteiger partial charge in [0.25, 0.3) is 5.91 Å². The molecule has 0 unspecified atom stereocenters. The van der Waals surface area contributed by atoms with Crippen molar-refractivity contribution in [2.45, 2.75) is 31.7 Å². The minimum Gasteiger partial charge on any atom is -0.399 e. The van der Waals surface area contributed by atoms with Crippen molar-refractivity contribution < 1.29 is 4.79 Å². The molecule has 1 amide bonds. The summed E-state index contributed by atoms with van der Waals surface area (Å²) in [6, 6.07) is 7.71. The second-order valence-electron chi connectivity index (χ2n) is 7.20. The molecule has 2 aliphatic rings. The van der Waals surface area contributed by atoms with Crippen LogP contribution in [0.1, 0.15) is 36.0 Å². The number of anilines is 1. The fourth-order valence-electron chi connectivity index (χ4n) is 3.80. The molecule has 0 atom stereocenters. The maximum absolute atomic E-state index is 13.1. The van der Waals surface area contributed by atoms with Gasteiger partial charge in [-0.15, -0.1) is 0 Å². The summed E-state index contributed by atoms with van der Waals surface area (Å²) in [5, 5.41) is 0. The predicted molar refractivity (Wildman–Crippen MR) is 98.1 cm³/mol. The lowest BCUT2D eigenvalue weighted by atomic mass is 10.0. The van der Waals surface area contributed by atoms with Crippen LogP contribution in [0.3, 0.4) is 0 Å². The number of piperidine rings is 1. The van der Waals surface area contributed by atoms with Crippen molar-refractivity contribution in [3.05, 3.63) is 29.8 Å². The van der Waals surface area contributed by atoms with Crippen molar-refractivity contribution in [2.75, 3.05) is 52.0 Å². The van der Waals surface area contributed by atoms with Crippen LogP contribution in [0.2, 0.25) is 0 Å². The van der Waals surface area contributed by atoms with Crippen molar-refractivity contribution in [3.8, 4) is 0 Å². The van der Waals surface area contributed by atoms with Gasteiger partial charge in [-0.2, -0.15) is 0 Å². The van der Waals surface area contributed by atoms with E-state index in [2.05, 4.69) is 21.7 Å². The van der Waals surface area contributed by atoms with Crippen molar-refractivity contribution in [1.29, 1.82) is 0 Å². The Morgan fingerprint density at radius 3 is 2.38 bits per heavy atom. The molecule has 2 saturated heterocycles. The maximum Gasteiger partial charge on any atom is 0.254 e. The smallest absolute Gasteiger partial charge is 0.254 e. The molecule has 2 N–H and O–H groups in total. The number of carbonyl (C=O) groups is 1. The molecule has 1 aromatic carbocycles. The molecule has 0 aromatic heterocycles.